The number of nitro benzene ring substituents is 1. The maximum atomic E-state index is 13.4. The first-order chi connectivity index (χ1) is 15.2. The van der Waals surface area contributed by atoms with Crippen LogP contribution >= 0.6 is 0 Å². The van der Waals surface area contributed by atoms with E-state index >= 15 is 0 Å². The molecule has 2 aromatic rings. The number of nitrogens with one attached hydrogen (secondary N) is 2. The highest BCUT2D eigenvalue weighted by Gasteiger charge is 2.40. The Morgan fingerprint density at radius 3 is 2.66 bits per heavy atom. The van der Waals surface area contributed by atoms with E-state index in [0.29, 0.717) is 41.1 Å². The van der Waals surface area contributed by atoms with Crippen LogP contribution in [-0.2, 0) is 9.59 Å². The minimum absolute atomic E-state index is 0.0470. The second kappa shape index (κ2) is 8.37. The van der Waals surface area contributed by atoms with Crippen LogP contribution in [-0.4, -0.2) is 21.6 Å². The van der Waals surface area contributed by atoms with Crippen molar-refractivity contribution in [2.45, 2.75) is 39.5 Å². The van der Waals surface area contributed by atoms with Gasteiger partial charge < -0.3 is 10.6 Å². The number of non-ortho nitro benzene ring substituents is 1. The number of aromatic nitrogens is 1. The largest absolute Gasteiger partial charge is 0.362 e. The molecule has 1 aromatic heterocycles. The average molecular weight is 432 g/mol. The van der Waals surface area contributed by atoms with Gasteiger partial charge in [0, 0.05) is 52.7 Å². The summed E-state index contributed by atoms with van der Waals surface area (Å²) >= 11 is 0. The number of dihydropyridines is 1. The Hall–Kier alpha value is -3.81. The summed E-state index contributed by atoms with van der Waals surface area (Å²) in [6.45, 7) is 5.63. The van der Waals surface area contributed by atoms with E-state index < -0.39 is 16.7 Å². The number of nitro groups is 1. The molecule has 2 N–H and O–H groups in total. The Labute approximate surface area is 185 Å². The van der Waals surface area contributed by atoms with E-state index in [-0.39, 0.29) is 17.4 Å². The molecule has 2 aliphatic rings. The summed E-state index contributed by atoms with van der Waals surface area (Å²) in [5, 5.41) is 17.5. The van der Waals surface area contributed by atoms with Crippen LogP contribution in [0.1, 0.15) is 43.9 Å². The summed E-state index contributed by atoms with van der Waals surface area (Å²) in [5.74, 6) is -0.566. The van der Waals surface area contributed by atoms with Gasteiger partial charge in [-0.3, -0.25) is 19.7 Å². The van der Waals surface area contributed by atoms with Crippen LogP contribution in [0, 0.1) is 23.0 Å². The third-order valence-corrected chi connectivity index (χ3v) is 5.82. The van der Waals surface area contributed by atoms with Crippen molar-refractivity contribution in [2.24, 2.45) is 5.92 Å². The van der Waals surface area contributed by atoms with E-state index in [9.17, 15) is 19.7 Å². The third kappa shape index (κ3) is 4.03. The van der Waals surface area contributed by atoms with E-state index in [1.54, 1.807) is 31.2 Å². The number of nitrogens with zero attached hydrogens (tertiary/aromatic N) is 2. The topological polar surface area (TPSA) is 114 Å². The Bertz CT molecular complexity index is 1200. The average Bonchev–Trinajstić information content (AvgIpc) is 2.72. The summed E-state index contributed by atoms with van der Waals surface area (Å²) < 4.78 is 0. The molecule has 8 nitrogen and oxygen atoms in total. The number of hydrogen-bond donors (Lipinski definition) is 2. The van der Waals surface area contributed by atoms with Gasteiger partial charge in [-0.1, -0.05) is 25.1 Å². The molecule has 0 saturated heterocycles. The molecule has 2 heterocycles. The molecule has 4 rings (SSSR count). The molecule has 0 bridgehead atoms. The number of hydrogen-bond acceptors (Lipinski definition) is 6. The van der Waals surface area contributed by atoms with Crippen LogP contribution in [0.4, 0.5) is 11.5 Å². The SMILES string of the molecule is CC1=C(C(=O)Nc2cccc(C)n2)C(c2cccc([N+](=O)[O-])c2)C2=C(CC(C)CC2=O)N1. The lowest BCUT2D eigenvalue weighted by Crippen LogP contribution is -2.37. The summed E-state index contributed by atoms with van der Waals surface area (Å²) in [7, 11) is 0. The maximum Gasteiger partial charge on any atom is 0.269 e. The van der Waals surface area contributed by atoms with Crippen molar-refractivity contribution >= 4 is 23.2 Å². The lowest BCUT2D eigenvalue weighted by atomic mass is 9.73. The molecule has 1 aromatic carbocycles. The fourth-order valence-electron chi connectivity index (χ4n) is 4.48. The number of allylic oxidation sites excluding steroid dienone is 3. The Morgan fingerprint density at radius 2 is 1.94 bits per heavy atom. The number of ketones is 1. The van der Waals surface area contributed by atoms with Crippen LogP contribution in [0.5, 0.6) is 0 Å². The Kier molecular flexibility index (Phi) is 5.61. The molecule has 8 heteroatoms. The number of carbonyl (C=O) groups excluding carboxylic acids is 2. The fourth-order valence-corrected chi connectivity index (χ4v) is 4.48. The number of benzene rings is 1. The lowest BCUT2D eigenvalue weighted by Gasteiger charge is -2.36. The summed E-state index contributed by atoms with van der Waals surface area (Å²) in [5.41, 5.74) is 3.48. The van der Waals surface area contributed by atoms with E-state index in [1.165, 1.54) is 12.1 Å². The lowest BCUT2D eigenvalue weighted by molar-refractivity contribution is -0.384. The molecule has 0 saturated carbocycles. The molecule has 0 fully saturated rings. The minimum atomic E-state index is -0.698. The second-order valence-electron chi connectivity index (χ2n) is 8.40. The number of carbonyl (C=O) groups is 2. The van der Waals surface area contributed by atoms with E-state index in [1.807, 2.05) is 19.9 Å². The molecule has 2 atom stereocenters. The normalized spacial score (nSPS) is 20.5. The summed E-state index contributed by atoms with van der Waals surface area (Å²) in [6.07, 6.45) is 1.05. The fraction of sp³-hybridized carbons (Fsp3) is 0.292. The first-order valence-electron chi connectivity index (χ1n) is 10.5. The zero-order valence-corrected chi connectivity index (χ0v) is 18.1. The first-order valence-corrected chi connectivity index (χ1v) is 10.5. The van der Waals surface area contributed by atoms with Gasteiger partial charge in [0.2, 0.25) is 0 Å². The van der Waals surface area contributed by atoms with E-state index in [2.05, 4.69) is 15.6 Å². The number of pyridine rings is 1. The monoisotopic (exact) mass is 432 g/mol. The third-order valence-electron chi connectivity index (χ3n) is 5.82. The van der Waals surface area contributed by atoms with Crippen molar-refractivity contribution in [3.63, 3.8) is 0 Å². The predicted molar refractivity (Wildman–Crippen MR) is 120 cm³/mol. The highest BCUT2D eigenvalue weighted by atomic mass is 16.6. The van der Waals surface area contributed by atoms with Gasteiger partial charge >= 0.3 is 0 Å². The first kappa shape index (κ1) is 21.4. The van der Waals surface area contributed by atoms with Gasteiger partial charge in [0.1, 0.15) is 5.82 Å². The second-order valence-corrected chi connectivity index (χ2v) is 8.40. The van der Waals surface area contributed by atoms with Crippen LogP contribution in [0.25, 0.3) is 0 Å². The smallest absolute Gasteiger partial charge is 0.269 e. The van der Waals surface area contributed by atoms with Gasteiger partial charge in [0.05, 0.1) is 4.92 Å². The van der Waals surface area contributed by atoms with E-state index in [0.717, 1.165) is 11.4 Å². The molecule has 1 aliphatic carbocycles. The summed E-state index contributed by atoms with van der Waals surface area (Å²) in [6, 6.07) is 11.5. The number of aryl methyl sites for hydroxylation is 1. The molecule has 1 aliphatic heterocycles. The zero-order valence-electron chi connectivity index (χ0n) is 18.1. The van der Waals surface area contributed by atoms with Crippen molar-refractivity contribution in [2.75, 3.05) is 5.32 Å². The predicted octanol–water partition coefficient (Wildman–Crippen LogP) is 4.15. The van der Waals surface area contributed by atoms with Gasteiger partial charge in [-0.25, -0.2) is 4.98 Å². The van der Waals surface area contributed by atoms with Gasteiger partial charge in [0.15, 0.2) is 5.78 Å². The molecule has 164 valence electrons. The zero-order chi connectivity index (χ0) is 23.0. The van der Waals surface area contributed by atoms with Crippen LogP contribution < -0.4 is 10.6 Å². The Morgan fingerprint density at radius 1 is 1.19 bits per heavy atom. The standard InChI is InChI=1S/C24H24N4O4/c1-13-10-18-23(19(29)11-13)22(16-7-5-8-17(12-16)28(31)32)21(15(3)26-18)24(30)27-20-9-4-6-14(2)25-20/h4-9,12-13,22,26H,10-11H2,1-3H3,(H,25,27,30). The highest BCUT2D eigenvalue weighted by molar-refractivity contribution is 6.09. The maximum absolute atomic E-state index is 13.4. The molecular weight excluding hydrogens is 408 g/mol. The van der Waals surface area contributed by atoms with Crippen molar-refractivity contribution in [3.8, 4) is 0 Å². The van der Waals surface area contributed by atoms with Crippen LogP contribution in [0.2, 0.25) is 0 Å². The van der Waals surface area contributed by atoms with Crippen molar-refractivity contribution in [1.29, 1.82) is 0 Å². The minimum Gasteiger partial charge on any atom is -0.362 e. The quantitative estimate of drug-likeness (QED) is 0.554. The van der Waals surface area contributed by atoms with Gasteiger partial charge in [0.25, 0.3) is 11.6 Å². The molecule has 0 spiro atoms. The summed E-state index contributed by atoms with van der Waals surface area (Å²) in [4.78, 5) is 41.8. The van der Waals surface area contributed by atoms with Crippen molar-refractivity contribution < 1.29 is 14.5 Å². The number of rotatable bonds is 4. The number of Topliss-reactive ketones (excluding diaryl/α,β-unsaturated/α-hetero) is 1. The molecular formula is C24H24N4O4. The van der Waals surface area contributed by atoms with Crippen molar-refractivity contribution in [3.05, 3.63) is 86.4 Å². The van der Waals surface area contributed by atoms with E-state index in [4.69, 9.17) is 0 Å². The molecule has 2 unspecified atom stereocenters. The molecule has 32 heavy (non-hydrogen) atoms. The van der Waals surface area contributed by atoms with Crippen LogP contribution in [0.15, 0.2) is 65.0 Å². The van der Waals surface area contributed by atoms with Gasteiger partial charge in [-0.2, -0.15) is 0 Å². The molecule has 0 radical (unpaired) electrons. The number of amides is 1. The van der Waals surface area contributed by atoms with Crippen molar-refractivity contribution in [1.82, 2.24) is 10.3 Å². The highest BCUT2D eigenvalue weighted by Crippen LogP contribution is 2.44. The van der Waals surface area contributed by atoms with Gasteiger partial charge in [-0.15, -0.1) is 0 Å². The van der Waals surface area contributed by atoms with Gasteiger partial charge in [-0.05, 0) is 43.9 Å². The number of anilines is 1. The Balaban J connectivity index is 1.83. The molecule has 1 amide bonds. The van der Waals surface area contributed by atoms with Crippen LogP contribution in [0.3, 0.4) is 0 Å².